The number of pyridine rings is 2. The number of ether oxygens (including phenoxy) is 2. The van der Waals surface area contributed by atoms with Crippen LogP contribution in [0.25, 0.3) is 33.2 Å². The van der Waals surface area contributed by atoms with Crippen LogP contribution >= 0.6 is 23.2 Å². The lowest BCUT2D eigenvalue weighted by Gasteiger charge is -2.31. The maximum Gasteiger partial charge on any atom is 0.433 e. The van der Waals surface area contributed by atoms with Crippen LogP contribution in [0.1, 0.15) is 35.7 Å². The Bertz CT molecular complexity index is 2180. The monoisotopic (exact) mass is 726 g/mol. The average Bonchev–Trinajstić information content (AvgIpc) is 3.50. The lowest BCUT2D eigenvalue weighted by Crippen LogP contribution is -2.47. The summed E-state index contributed by atoms with van der Waals surface area (Å²) in [6, 6.07) is 13.0. The van der Waals surface area contributed by atoms with Crippen LogP contribution in [-0.4, -0.2) is 57.3 Å². The molecular weight excluding hydrogens is 696 g/mol. The number of halogens is 5. The Balaban J connectivity index is 1.25. The number of aromatic nitrogens is 4. The van der Waals surface area contributed by atoms with Gasteiger partial charge in [0.1, 0.15) is 11.5 Å². The first-order valence-corrected chi connectivity index (χ1v) is 16.6. The molecule has 0 bridgehead atoms. The van der Waals surface area contributed by atoms with E-state index in [4.69, 9.17) is 37.7 Å². The molecule has 1 fully saturated rings. The van der Waals surface area contributed by atoms with Gasteiger partial charge in [0.05, 0.1) is 52.8 Å². The molecule has 3 N–H and O–H groups in total. The number of aliphatic hydroxyl groups is 1. The molecule has 15 heteroatoms. The summed E-state index contributed by atoms with van der Waals surface area (Å²) in [5, 5.41) is 21.1. The van der Waals surface area contributed by atoms with E-state index in [0.717, 1.165) is 34.7 Å². The number of alkyl halides is 3. The lowest BCUT2D eigenvalue weighted by molar-refractivity contribution is -0.141. The number of hydrogen-bond acceptors (Lipinski definition) is 9. The van der Waals surface area contributed by atoms with Crippen LogP contribution in [0.15, 0.2) is 59.5 Å². The van der Waals surface area contributed by atoms with E-state index >= 15 is 0 Å². The number of rotatable bonds is 7. The van der Waals surface area contributed by atoms with Crippen LogP contribution in [0.4, 0.5) is 24.7 Å². The van der Waals surface area contributed by atoms with Crippen molar-refractivity contribution >= 4 is 45.5 Å². The van der Waals surface area contributed by atoms with E-state index < -0.39 is 23.5 Å². The number of methoxy groups -OCH3 is 1. The van der Waals surface area contributed by atoms with Crippen molar-refractivity contribution in [2.75, 3.05) is 25.6 Å². The highest BCUT2D eigenvalue weighted by atomic mass is 35.5. The zero-order valence-corrected chi connectivity index (χ0v) is 28.3. The zero-order valence-electron chi connectivity index (χ0n) is 26.8. The fraction of sp³-hybridized carbons (Fsp3) is 0.314. The average molecular weight is 728 g/mol. The minimum atomic E-state index is -4.77. The van der Waals surface area contributed by atoms with E-state index in [1.165, 1.54) is 13.2 Å². The van der Waals surface area contributed by atoms with E-state index in [2.05, 4.69) is 20.7 Å². The second-order valence-corrected chi connectivity index (χ2v) is 13.0. The molecule has 1 aliphatic carbocycles. The van der Waals surface area contributed by atoms with Gasteiger partial charge < -0.3 is 25.2 Å². The molecule has 2 aliphatic rings. The van der Waals surface area contributed by atoms with Crippen molar-refractivity contribution in [3.8, 4) is 28.3 Å². The zero-order chi connectivity index (χ0) is 35.3. The van der Waals surface area contributed by atoms with Crippen molar-refractivity contribution in [1.82, 2.24) is 25.1 Å². The molecule has 0 amide bonds. The van der Waals surface area contributed by atoms with Gasteiger partial charge >= 0.3 is 6.18 Å². The van der Waals surface area contributed by atoms with Gasteiger partial charge in [-0.1, -0.05) is 53.5 Å². The smallest absolute Gasteiger partial charge is 0.433 e. The molecule has 3 aromatic heterocycles. The SMILES string of the molecule is COc1nc(-c2cccc(-c3cccc(Nc4nc(C(F)(F)F)cc5cnn(C)c(=O)c45)c3Cl)c2Cl)cc2c1C(NC1CCOCC1O)CC2. The molecule has 1 aliphatic heterocycles. The number of anilines is 2. The predicted molar refractivity (Wildman–Crippen MR) is 184 cm³/mol. The van der Waals surface area contributed by atoms with Gasteiger partial charge in [-0.15, -0.1) is 0 Å². The molecule has 0 saturated carbocycles. The number of aliphatic hydroxyl groups excluding tert-OH is 1. The number of hydrogen-bond donors (Lipinski definition) is 3. The number of aryl methyl sites for hydroxylation is 2. The van der Waals surface area contributed by atoms with E-state index in [1.54, 1.807) is 31.4 Å². The summed E-state index contributed by atoms with van der Waals surface area (Å²) in [7, 11) is 2.96. The number of fused-ring (bicyclic) bond motifs is 2. The minimum absolute atomic E-state index is 0.0264. The highest BCUT2D eigenvalue weighted by Crippen LogP contribution is 2.45. The van der Waals surface area contributed by atoms with Gasteiger partial charge in [0.15, 0.2) is 0 Å². The summed E-state index contributed by atoms with van der Waals surface area (Å²) < 4.78 is 53.5. The molecule has 0 radical (unpaired) electrons. The van der Waals surface area contributed by atoms with Crippen LogP contribution in [0, 0.1) is 0 Å². The van der Waals surface area contributed by atoms with Gasteiger partial charge in [-0.2, -0.15) is 18.3 Å². The molecule has 5 aromatic rings. The highest BCUT2D eigenvalue weighted by Gasteiger charge is 2.35. The summed E-state index contributed by atoms with van der Waals surface area (Å²) in [6.07, 6.45) is -1.92. The summed E-state index contributed by atoms with van der Waals surface area (Å²) in [5.74, 6) is 0.146. The Morgan fingerprint density at radius 2 is 1.78 bits per heavy atom. The summed E-state index contributed by atoms with van der Waals surface area (Å²) in [6.45, 7) is 0.872. The number of benzene rings is 2. The molecule has 3 unspecified atom stereocenters. The van der Waals surface area contributed by atoms with Crippen molar-refractivity contribution in [3.63, 3.8) is 0 Å². The summed E-state index contributed by atoms with van der Waals surface area (Å²) >= 11 is 14.0. The second kappa shape index (κ2) is 13.5. The fourth-order valence-corrected chi connectivity index (χ4v) is 7.23. The van der Waals surface area contributed by atoms with Crippen molar-refractivity contribution in [3.05, 3.63) is 91.9 Å². The molecule has 10 nitrogen and oxygen atoms in total. The van der Waals surface area contributed by atoms with Crippen molar-refractivity contribution in [2.24, 2.45) is 7.05 Å². The number of nitrogens with zero attached hydrogens (tertiary/aromatic N) is 4. The molecule has 1 saturated heterocycles. The Hall–Kier alpha value is -4.27. The van der Waals surface area contributed by atoms with Crippen molar-refractivity contribution in [1.29, 1.82) is 0 Å². The van der Waals surface area contributed by atoms with E-state index in [0.29, 0.717) is 52.9 Å². The van der Waals surface area contributed by atoms with Crippen LogP contribution < -0.4 is 20.9 Å². The van der Waals surface area contributed by atoms with Crippen molar-refractivity contribution in [2.45, 2.75) is 43.6 Å². The standard InChI is InChI=1S/C35H31Cl2F3N6O4/c1-46-34(48)29-18(15-41-46)14-27(35(38,39)40)45-32(29)43-24-8-4-6-20(31(24)37)19-5-3-7-21(30(19)36)25-13-17-9-10-23(28(17)33(44-25)49-2)42-22-11-12-50-16-26(22)47/h3-8,13-15,22-23,26,42,47H,9-12,16H2,1-2H3,(H,43,45). The quantitative estimate of drug-likeness (QED) is 0.165. The first-order chi connectivity index (χ1) is 23.9. The van der Waals surface area contributed by atoms with Gasteiger partial charge in [0, 0.05) is 53.4 Å². The van der Waals surface area contributed by atoms with Gasteiger partial charge in [0.2, 0.25) is 5.88 Å². The highest BCUT2D eigenvalue weighted by molar-refractivity contribution is 6.39. The van der Waals surface area contributed by atoms with Gasteiger partial charge in [-0.25, -0.2) is 14.6 Å². The molecular formula is C35H31Cl2F3N6O4. The Labute approximate surface area is 294 Å². The minimum Gasteiger partial charge on any atom is -0.481 e. The first kappa shape index (κ1) is 34.2. The van der Waals surface area contributed by atoms with E-state index in [-0.39, 0.29) is 39.4 Å². The van der Waals surface area contributed by atoms with Crippen LogP contribution in [-0.2, 0) is 24.4 Å². The molecule has 2 aromatic carbocycles. The molecule has 260 valence electrons. The molecule has 3 atom stereocenters. The molecule has 7 rings (SSSR count). The second-order valence-electron chi connectivity index (χ2n) is 12.2. The van der Waals surface area contributed by atoms with Crippen LogP contribution in [0.5, 0.6) is 5.88 Å². The summed E-state index contributed by atoms with van der Waals surface area (Å²) in [5.41, 5.74) is 2.65. The topological polar surface area (TPSA) is 123 Å². The van der Waals surface area contributed by atoms with Gasteiger partial charge in [0.25, 0.3) is 5.56 Å². The fourth-order valence-electron chi connectivity index (χ4n) is 6.63. The maximum atomic E-state index is 13.8. The Morgan fingerprint density at radius 3 is 2.52 bits per heavy atom. The van der Waals surface area contributed by atoms with Crippen LogP contribution in [0.2, 0.25) is 10.0 Å². The maximum absolute atomic E-state index is 13.8. The van der Waals surface area contributed by atoms with Crippen molar-refractivity contribution < 1.29 is 27.8 Å². The molecule has 50 heavy (non-hydrogen) atoms. The Morgan fingerprint density at radius 1 is 1.04 bits per heavy atom. The molecule has 0 spiro atoms. The van der Waals surface area contributed by atoms with E-state index in [1.807, 2.05) is 18.2 Å². The van der Waals surface area contributed by atoms with Gasteiger partial charge in [-0.05, 0) is 43.0 Å². The third kappa shape index (κ3) is 6.28. The summed E-state index contributed by atoms with van der Waals surface area (Å²) in [4.78, 5) is 21.6. The third-order valence-corrected chi connectivity index (χ3v) is 9.94. The normalized spacial score (nSPS) is 19.1. The molecule has 4 heterocycles. The third-order valence-electron chi connectivity index (χ3n) is 9.13. The first-order valence-electron chi connectivity index (χ1n) is 15.8. The lowest BCUT2D eigenvalue weighted by atomic mass is 9.99. The number of nitrogens with one attached hydrogen (secondary N) is 2. The van der Waals surface area contributed by atoms with E-state index in [9.17, 15) is 23.1 Å². The largest absolute Gasteiger partial charge is 0.481 e. The predicted octanol–water partition coefficient (Wildman–Crippen LogP) is 6.86. The van der Waals surface area contributed by atoms with Gasteiger partial charge in [-0.3, -0.25) is 4.79 Å². The van der Waals surface area contributed by atoms with Crippen LogP contribution in [0.3, 0.4) is 0 Å². The Kier molecular flexibility index (Phi) is 9.20.